The first-order chi connectivity index (χ1) is 10.8. The van der Waals surface area contributed by atoms with Crippen LogP contribution < -0.4 is 10.5 Å². The summed E-state index contributed by atoms with van der Waals surface area (Å²) >= 11 is 0. The van der Waals surface area contributed by atoms with Gasteiger partial charge in [0.05, 0.1) is 5.75 Å². The van der Waals surface area contributed by atoms with Gasteiger partial charge in [-0.1, -0.05) is 12.1 Å². The summed E-state index contributed by atoms with van der Waals surface area (Å²) in [5.41, 5.74) is -0.470. The molecule has 0 spiro atoms. The number of hydrogen-bond acceptors (Lipinski definition) is 4. The zero-order valence-electron chi connectivity index (χ0n) is 12.7. The van der Waals surface area contributed by atoms with E-state index in [0.29, 0.717) is 30.6 Å². The number of amides is 1. The van der Waals surface area contributed by atoms with Gasteiger partial charge in [0, 0.05) is 31.7 Å². The molecular formula is C15H20FN3O3S. The first-order valence-corrected chi connectivity index (χ1v) is 9.28. The second-order valence-corrected chi connectivity index (χ2v) is 8.04. The molecule has 3 rings (SSSR count). The lowest BCUT2D eigenvalue weighted by Gasteiger charge is -2.35. The van der Waals surface area contributed by atoms with E-state index in [0.717, 1.165) is 0 Å². The number of alkyl halides is 1. The second kappa shape index (κ2) is 5.85. The Morgan fingerprint density at radius 3 is 2.78 bits per heavy atom. The van der Waals surface area contributed by atoms with Crippen LogP contribution in [0.1, 0.15) is 22.3 Å². The smallest absolute Gasteiger partial charge is 0.253 e. The van der Waals surface area contributed by atoms with E-state index in [-0.39, 0.29) is 30.7 Å². The van der Waals surface area contributed by atoms with Gasteiger partial charge in [0.15, 0.2) is 5.67 Å². The molecule has 8 heteroatoms. The first-order valence-electron chi connectivity index (χ1n) is 7.57. The van der Waals surface area contributed by atoms with Gasteiger partial charge in [0.1, 0.15) is 0 Å². The van der Waals surface area contributed by atoms with Crippen molar-refractivity contribution in [2.75, 3.05) is 31.9 Å². The van der Waals surface area contributed by atoms with Gasteiger partial charge >= 0.3 is 0 Å². The highest BCUT2D eigenvalue weighted by Crippen LogP contribution is 2.31. The molecule has 1 atom stereocenters. The predicted octanol–water partition coefficient (Wildman–Crippen LogP) is 0.205. The largest absolute Gasteiger partial charge is 0.338 e. The fraction of sp³-hybridized carbons (Fsp3) is 0.533. The topological polar surface area (TPSA) is 92.5 Å². The molecule has 6 nitrogen and oxygen atoms in total. The summed E-state index contributed by atoms with van der Waals surface area (Å²) in [5, 5.41) is 7.95. The molecule has 2 heterocycles. The third-order valence-corrected chi connectivity index (χ3v) is 5.41. The monoisotopic (exact) mass is 341 g/mol. The van der Waals surface area contributed by atoms with Gasteiger partial charge in [-0.05, 0) is 30.0 Å². The molecular weight excluding hydrogens is 321 g/mol. The summed E-state index contributed by atoms with van der Waals surface area (Å²) in [6, 6.07) is 6.62. The van der Waals surface area contributed by atoms with Crippen molar-refractivity contribution in [3.05, 3.63) is 35.4 Å². The van der Waals surface area contributed by atoms with Crippen LogP contribution in [0.2, 0.25) is 0 Å². The average Bonchev–Trinajstić information content (AvgIpc) is 2.90. The highest BCUT2D eigenvalue weighted by molar-refractivity contribution is 7.89. The molecule has 1 unspecified atom stereocenters. The van der Waals surface area contributed by atoms with Crippen molar-refractivity contribution < 1.29 is 17.6 Å². The molecule has 2 saturated heterocycles. The van der Waals surface area contributed by atoms with Gasteiger partial charge < -0.3 is 10.2 Å². The lowest BCUT2D eigenvalue weighted by atomic mass is 9.89. The highest BCUT2D eigenvalue weighted by Gasteiger charge is 2.39. The fourth-order valence-corrected chi connectivity index (χ4v) is 4.07. The molecule has 23 heavy (non-hydrogen) atoms. The van der Waals surface area contributed by atoms with Gasteiger partial charge in [-0.2, -0.15) is 0 Å². The number of carbonyl (C=O) groups is 1. The zero-order valence-corrected chi connectivity index (χ0v) is 13.5. The SMILES string of the molecule is NS(=O)(=O)CC1CCN(C(=O)c2cccc(C3(F)CNC3)c2)C1. The minimum absolute atomic E-state index is 0.115. The van der Waals surface area contributed by atoms with E-state index in [4.69, 9.17) is 5.14 Å². The molecule has 0 bridgehead atoms. The van der Waals surface area contributed by atoms with Crippen LogP contribution in [-0.4, -0.2) is 51.2 Å². The number of rotatable bonds is 4. The highest BCUT2D eigenvalue weighted by atomic mass is 32.2. The molecule has 2 aliphatic heterocycles. The first kappa shape index (κ1) is 16.4. The van der Waals surface area contributed by atoms with Crippen LogP contribution in [0.4, 0.5) is 4.39 Å². The number of hydrogen-bond donors (Lipinski definition) is 2. The van der Waals surface area contributed by atoms with Gasteiger partial charge in [-0.25, -0.2) is 17.9 Å². The standard InChI is InChI=1S/C15H20FN3O3S/c16-15(9-18-10-15)13-3-1-2-12(6-13)14(20)19-5-4-11(7-19)8-23(17,21)22/h1-3,6,11,18H,4-5,7-10H2,(H2,17,21,22). The molecule has 0 saturated carbocycles. The number of primary sulfonamides is 1. The van der Waals surface area contributed by atoms with E-state index < -0.39 is 15.7 Å². The molecule has 3 N–H and O–H groups in total. The summed E-state index contributed by atoms with van der Waals surface area (Å²) in [6.07, 6.45) is 0.610. The lowest BCUT2D eigenvalue weighted by molar-refractivity contribution is 0.0783. The van der Waals surface area contributed by atoms with E-state index >= 15 is 0 Å². The number of carbonyl (C=O) groups excluding carboxylic acids is 1. The molecule has 2 fully saturated rings. The minimum Gasteiger partial charge on any atom is -0.338 e. The summed E-state index contributed by atoms with van der Waals surface area (Å²) in [7, 11) is -3.54. The summed E-state index contributed by atoms with van der Waals surface area (Å²) < 4.78 is 36.7. The van der Waals surface area contributed by atoms with Gasteiger partial charge in [0.2, 0.25) is 10.0 Å². The molecule has 126 valence electrons. The van der Waals surface area contributed by atoms with Crippen molar-refractivity contribution in [1.29, 1.82) is 0 Å². The molecule has 0 aromatic heterocycles. The van der Waals surface area contributed by atoms with Crippen molar-refractivity contribution in [1.82, 2.24) is 10.2 Å². The summed E-state index contributed by atoms with van der Waals surface area (Å²) in [4.78, 5) is 14.2. The van der Waals surface area contributed by atoms with Gasteiger partial charge in [0.25, 0.3) is 5.91 Å². The maximum absolute atomic E-state index is 14.4. The lowest BCUT2D eigenvalue weighted by Crippen LogP contribution is -2.53. The Hall–Kier alpha value is -1.51. The minimum atomic E-state index is -3.54. The third kappa shape index (κ3) is 3.54. The van der Waals surface area contributed by atoms with Crippen molar-refractivity contribution in [2.24, 2.45) is 11.1 Å². The Labute approximate surface area is 134 Å². The number of nitrogens with zero attached hydrogens (tertiary/aromatic N) is 1. The summed E-state index contributed by atoms with van der Waals surface area (Å²) in [5.74, 6) is -0.448. The maximum atomic E-state index is 14.4. The van der Waals surface area contributed by atoms with E-state index in [2.05, 4.69) is 5.32 Å². The molecule has 1 aromatic rings. The molecule has 0 radical (unpaired) electrons. The normalized spacial score (nSPS) is 23.6. The van der Waals surface area contributed by atoms with Crippen LogP contribution in [-0.2, 0) is 15.7 Å². The van der Waals surface area contributed by atoms with Crippen LogP contribution >= 0.6 is 0 Å². The second-order valence-electron chi connectivity index (χ2n) is 6.39. The molecule has 1 aromatic carbocycles. The predicted molar refractivity (Wildman–Crippen MR) is 84.1 cm³/mol. The van der Waals surface area contributed by atoms with Crippen LogP contribution in [0.5, 0.6) is 0 Å². The molecule has 0 aliphatic carbocycles. The Morgan fingerprint density at radius 2 is 2.17 bits per heavy atom. The van der Waals surface area contributed by atoms with Gasteiger partial charge in [-0.15, -0.1) is 0 Å². The number of halogens is 1. The number of likely N-dealkylation sites (tertiary alicyclic amines) is 1. The van der Waals surface area contributed by atoms with Crippen LogP contribution in [0.25, 0.3) is 0 Å². The average molecular weight is 341 g/mol. The molecule has 1 amide bonds. The van der Waals surface area contributed by atoms with E-state index in [1.165, 1.54) is 0 Å². The number of nitrogens with one attached hydrogen (secondary N) is 1. The van der Waals surface area contributed by atoms with E-state index in [1.807, 2.05) is 0 Å². The molecule has 2 aliphatic rings. The zero-order chi connectivity index (χ0) is 16.7. The number of sulfonamides is 1. The fourth-order valence-electron chi connectivity index (χ4n) is 3.14. The van der Waals surface area contributed by atoms with Gasteiger partial charge in [-0.3, -0.25) is 4.79 Å². The maximum Gasteiger partial charge on any atom is 0.253 e. The summed E-state index contributed by atoms with van der Waals surface area (Å²) in [6.45, 7) is 1.36. The van der Waals surface area contributed by atoms with Crippen LogP contribution in [0.15, 0.2) is 24.3 Å². The Bertz CT molecular complexity index is 718. The number of nitrogens with two attached hydrogens (primary N) is 1. The van der Waals surface area contributed by atoms with Crippen molar-refractivity contribution in [2.45, 2.75) is 12.1 Å². The quantitative estimate of drug-likeness (QED) is 0.819. The van der Waals surface area contributed by atoms with Crippen molar-refractivity contribution in [3.63, 3.8) is 0 Å². The Kier molecular flexibility index (Phi) is 4.16. The number of benzene rings is 1. The van der Waals surface area contributed by atoms with Crippen LogP contribution in [0, 0.1) is 5.92 Å². The van der Waals surface area contributed by atoms with Crippen molar-refractivity contribution >= 4 is 15.9 Å². The van der Waals surface area contributed by atoms with Crippen LogP contribution in [0.3, 0.4) is 0 Å². The third-order valence-electron chi connectivity index (χ3n) is 4.48. The van der Waals surface area contributed by atoms with E-state index in [9.17, 15) is 17.6 Å². The van der Waals surface area contributed by atoms with Crippen molar-refractivity contribution in [3.8, 4) is 0 Å². The Balaban J connectivity index is 1.70. The van der Waals surface area contributed by atoms with E-state index in [1.54, 1.807) is 29.2 Å². The Morgan fingerprint density at radius 1 is 1.43 bits per heavy atom.